The second-order valence-corrected chi connectivity index (χ2v) is 6.29. The molecule has 2 fully saturated rings. The minimum atomic E-state index is 1.04. The van der Waals surface area contributed by atoms with Gasteiger partial charge in [-0.3, -0.25) is 14.8 Å². The maximum Gasteiger partial charge on any atom is 0.0547 e. The molecule has 0 bridgehead atoms. The van der Waals surface area contributed by atoms with Gasteiger partial charge in [-0.1, -0.05) is 18.9 Å². The van der Waals surface area contributed by atoms with Crippen molar-refractivity contribution < 1.29 is 0 Å². The van der Waals surface area contributed by atoms with Crippen molar-refractivity contribution >= 4 is 0 Å². The molecule has 0 saturated carbocycles. The SMILES string of the molecule is c1cc(CN2CCCCC2)nc(CN2CCCCC2)c1. The number of piperidine rings is 2. The Hall–Kier alpha value is -0.930. The molecule has 3 nitrogen and oxygen atoms in total. The topological polar surface area (TPSA) is 19.4 Å². The minimum absolute atomic E-state index is 1.04. The summed E-state index contributed by atoms with van der Waals surface area (Å²) in [7, 11) is 0. The zero-order valence-electron chi connectivity index (χ0n) is 12.6. The van der Waals surface area contributed by atoms with E-state index >= 15 is 0 Å². The summed E-state index contributed by atoms with van der Waals surface area (Å²) in [5, 5.41) is 0. The highest BCUT2D eigenvalue weighted by atomic mass is 15.1. The van der Waals surface area contributed by atoms with Crippen LogP contribution < -0.4 is 0 Å². The smallest absolute Gasteiger partial charge is 0.0547 e. The molecule has 0 spiro atoms. The van der Waals surface area contributed by atoms with Gasteiger partial charge in [-0.05, 0) is 64.0 Å². The standard InChI is InChI=1S/C17H27N3/c1-3-10-19(11-4-1)14-16-8-7-9-17(18-16)15-20-12-5-2-6-13-20/h7-9H,1-6,10-15H2. The first kappa shape index (κ1) is 14.0. The molecular weight excluding hydrogens is 246 g/mol. The number of likely N-dealkylation sites (tertiary alicyclic amines) is 2. The maximum atomic E-state index is 4.88. The third kappa shape index (κ3) is 4.03. The first-order valence-corrected chi connectivity index (χ1v) is 8.30. The van der Waals surface area contributed by atoms with Gasteiger partial charge in [0.05, 0.1) is 11.4 Å². The summed E-state index contributed by atoms with van der Waals surface area (Å²) in [6.45, 7) is 7.06. The van der Waals surface area contributed by atoms with Crippen molar-refractivity contribution in [3.8, 4) is 0 Å². The fraction of sp³-hybridized carbons (Fsp3) is 0.706. The Balaban J connectivity index is 1.57. The molecule has 0 unspecified atom stereocenters. The average Bonchev–Trinajstić information content (AvgIpc) is 2.50. The highest BCUT2D eigenvalue weighted by molar-refractivity contribution is 5.11. The molecule has 3 rings (SSSR count). The van der Waals surface area contributed by atoms with E-state index in [1.807, 2.05) is 0 Å². The van der Waals surface area contributed by atoms with Gasteiger partial charge >= 0.3 is 0 Å². The third-order valence-corrected chi connectivity index (χ3v) is 4.53. The van der Waals surface area contributed by atoms with Gasteiger partial charge in [0.2, 0.25) is 0 Å². The largest absolute Gasteiger partial charge is 0.298 e. The van der Waals surface area contributed by atoms with E-state index in [2.05, 4.69) is 28.0 Å². The molecule has 2 aliphatic rings. The number of rotatable bonds is 4. The molecule has 0 radical (unpaired) electrons. The quantitative estimate of drug-likeness (QED) is 0.840. The van der Waals surface area contributed by atoms with Crippen LogP contribution in [0.4, 0.5) is 0 Å². The van der Waals surface area contributed by atoms with Gasteiger partial charge in [-0.25, -0.2) is 0 Å². The summed E-state index contributed by atoms with van der Waals surface area (Å²) < 4.78 is 0. The van der Waals surface area contributed by atoms with Gasteiger partial charge in [0.1, 0.15) is 0 Å². The number of hydrogen-bond acceptors (Lipinski definition) is 3. The Kier molecular flexibility index (Phi) is 5.04. The van der Waals surface area contributed by atoms with Crippen molar-refractivity contribution in [1.82, 2.24) is 14.8 Å². The van der Waals surface area contributed by atoms with Crippen molar-refractivity contribution in [2.75, 3.05) is 26.2 Å². The summed E-state index contributed by atoms with van der Waals surface area (Å²) in [6.07, 6.45) is 8.22. The lowest BCUT2D eigenvalue weighted by Crippen LogP contribution is -2.30. The summed E-state index contributed by atoms with van der Waals surface area (Å²) in [5.74, 6) is 0. The minimum Gasteiger partial charge on any atom is -0.298 e. The zero-order chi connectivity index (χ0) is 13.6. The van der Waals surface area contributed by atoms with Crippen LogP contribution in [0, 0.1) is 0 Å². The first-order valence-electron chi connectivity index (χ1n) is 8.30. The van der Waals surface area contributed by atoms with Gasteiger partial charge in [-0.2, -0.15) is 0 Å². The predicted molar refractivity (Wildman–Crippen MR) is 82.5 cm³/mol. The molecule has 2 aliphatic heterocycles. The van der Waals surface area contributed by atoms with E-state index in [1.165, 1.54) is 76.1 Å². The van der Waals surface area contributed by atoms with Crippen molar-refractivity contribution in [2.45, 2.75) is 51.6 Å². The number of aromatic nitrogens is 1. The van der Waals surface area contributed by atoms with Crippen LogP contribution in [0.3, 0.4) is 0 Å². The van der Waals surface area contributed by atoms with Crippen LogP contribution in [0.15, 0.2) is 18.2 Å². The first-order chi connectivity index (χ1) is 9.90. The molecule has 1 aromatic heterocycles. The molecule has 1 aromatic rings. The van der Waals surface area contributed by atoms with E-state index in [9.17, 15) is 0 Å². The van der Waals surface area contributed by atoms with Crippen LogP contribution >= 0.6 is 0 Å². The van der Waals surface area contributed by atoms with Gasteiger partial charge in [0.15, 0.2) is 0 Å². The van der Waals surface area contributed by atoms with Crippen molar-refractivity contribution in [1.29, 1.82) is 0 Å². The molecule has 0 aliphatic carbocycles. The van der Waals surface area contributed by atoms with Crippen molar-refractivity contribution in [3.05, 3.63) is 29.6 Å². The Labute approximate surface area is 123 Å². The van der Waals surface area contributed by atoms with Crippen molar-refractivity contribution in [2.24, 2.45) is 0 Å². The van der Waals surface area contributed by atoms with Gasteiger partial charge in [0.25, 0.3) is 0 Å². The molecular formula is C17H27N3. The van der Waals surface area contributed by atoms with E-state index in [4.69, 9.17) is 4.98 Å². The number of pyridine rings is 1. The molecule has 2 saturated heterocycles. The fourth-order valence-electron chi connectivity index (χ4n) is 3.40. The summed E-state index contributed by atoms with van der Waals surface area (Å²) in [5.41, 5.74) is 2.50. The zero-order valence-corrected chi connectivity index (χ0v) is 12.6. The lowest BCUT2D eigenvalue weighted by Gasteiger charge is -2.27. The summed E-state index contributed by atoms with van der Waals surface area (Å²) in [4.78, 5) is 9.98. The Morgan fingerprint density at radius 1 is 0.700 bits per heavy atom. The van der Waals surface area contributed by atoms with Crippen LogP contribution in [-0.4, -0.2) is 41.0 Å². The highest BCUT2D eigenvalue weighted by Crippen LogP contribution is 2.14. The van der Waals surface area contributed by atoms with Crippen LogP contribution in [0.5, 0.6) is 0 Å². The molecule has 110 valence electrons. The fourth-order valence-corrected chi connectivity index (χ4v) is 3.40. The monoisotopic (exact) mass is 273 g/mol. The number of nitrogens with zero attached hydrogens (tertiary/aromatic N) is 3. The van der Waals surface area contributed by atoms with Crippen LogP contribution in [0.25, 0.3) is 0 Å². The molecule has 0 N–H and O–H groups in total. The van der Waals surface area contributed by atoms with E-state index in [0.717, 1.165) is 13.1 Å². The molecule has 0 aromatic carbocycles. The second-order valence-electron chi connectivity index (χ2n) is 6.29. The third-order valence-electron chi connectivity index (χ3n) is 4.53. The molecule has 0 atom stereocenters. The molecule has 20 heavy (non-hydrogen) atoms. The Morgan fingerprint density at radius 3 is 1.60 bits per heavy atom. The average molecular weight is 273 g/mol. The van der Waals surface area contributed by atoms with Crippen LogP contribution in [-0.2, 0) is 13.1 Å². The summed E-state index contributed by atoms with van der Waals surface area (Å²) >= 11 is 0. The van der Waals surface area contributed by atoms with Crippen LogP contribution in [0.1, 0.15) is 49.9 Å². The van der Waals surface area contributed by atoms with E-state index in [-0.39, 0.29) is 0 Å². The van der Waals surface area contributed by atoms with E-state index < -0.39 is 0 Å². The molecule has 0 amide bonds. The Bertz CT molecular complexity index is 371. The van der Waals surface area contributed by atoms with E-state index in [0.29, 0.717) is 0 Å². The van der Waals surface area contributed by atoms with Gasteiger partial charge in [0, 0.05) is 13.1 Å². The maximum absolute atomic E-state index is 4.88. The van der Waals surface area contributed by atoms with Crippen LogP contribution in [0.2, 0.25) is 0 Å². The van der Waals surface area contributed by atoms with E-state index in [1.54, 1.807) is 0 Å². The highest BCUT2D eigenvalue weighted by Gasteiger charge is 2.13. The second kappa shape index (κ2) is 7.19. The molecule has 3 heteroatoms. The lowest BCUT2D eigenvalue weighted by molar-refractivity contribution is 0.213. The lowest BCUT2D eigenvalue weighted by atomic mass is 10.1. The summed E-state index contributed by atoms with van der Waals surface area (Å²) in [6, 6.07) is 6.56. The Morgan fingerprint density at radius 2 is 1.15 bits per heavy atom. The molecule has 3 heterocycles. The van der Waals surface area contributed by atoms with Crippen molar-refractivity contribution in [3.63, 3.8) is 0 Å². The van der Waals surface area contributed by atoms with Gasteiger partial charge < -0.3 is 0 Å². The predicted octanol–water partition coefficient (Wildman–Crippen LogP) is 3.05. The number of hydrogen-bond donors (Lipinski definition) is 0. The van der Waals surface area contributed by atoms with Gasteiger partial charge in [-0.15, -0.1) is 0 Å². The normalized spacial score (nSPS) is 22.0.